The molecule has 0 spiro atoms. The Labute approximate surface area is 120 Å². The number of hydrogen-bond acceptors (Lipinski definition) is 6. The van der Waals surface area contributed by atoms with E-state index in [4.69, 9.17) is 15.2 Å². The molecule has 21 heavy (non-hydrogen) atoms. The van der Waals surface area contributed by atoms with Gasteiger partial charge in [-0.1, -0.05) is 0 Å². The molecule has 1 heterocycles. The molecule has 0 saturated heterocycles. The molecule has 2 aromatic carbocycles. The number of methoxy groups -OCH3 is 1. The summed E-state index contributed by atoms with van der Waals surface area (Å²) < 4.78 is 10.8. The number of anilines is 1. The van der Waals surface area contributed by atoms with E-state index in [1.165, 1.54) is 19.5 Å². The number of aromatic nitrogens is 2. The van der Waals surface area contributed by atoms with Crippen LogP contribution in [0.5, 0.6) is 23.1 Å². The zero-order valence-electron chi connectivity index (χ0n) is 11.3. The van der Waals surface area contributed by atoms with Gasteiger partial charge in [-0.25, -0.2) is 9.97 Å². The van der Waals surface area contributed by atoms with Gasteiger partial charge in [-0.15, -0.1) is 0 Å². The molecular formula is C15H13N3O3. The van der Waals surface area contributed by atoms with Gasteiger partial charge in [-0.2, -0.15) is 0 Å². The molecular weight excluding hydrogens is 270 g/mol. The van der Waals surface area contributed by atoms with Crippen molar-refractivity contribution in [1.82, 2.24) is 9.97 Å². The van der Waals surface area contributed by atoms with Crippen LogP contribution in [0.2, 0.25) is 0 Å². The number of rotatable bonds is 3. The van der Waals surface area contributed by atoms with Crippen molar-refractivity contribution in [3.63, 3.8) is 0 Å². The summed E-state index contributed by atoms with van der Waals surface area (Å²) >= 11 is 0. The average Bonchev–Trinajstić information content (AvgIpc) is 2.49. The minimum Gasteiger partial charge on any atom is -0.504 e. The number of fused-ring (bicyclic) bond motifs is 1. The Morgan fingerprint density at radius 3 is 2.57 bits per heavy atom. The third-order valence-corrected chi connectivity index (χ3v) is 2.99. The van der Waals surface area contributed by atoms with E-state index in [-0.39, 0.29) is 5.75 Å². The van der Waals surface area contributed by atoms with Gasteiger partial charge in [-0.05, 0) is 30.3 Å². The van der Waals surface area contributed by atoms with Crippen molar-refractivity contribution in [2.75, 3.05) is 12.8 Å². The largest absolute Gasteiger partial charge is 0.504 e. The first-order chi connectivity index (χ1) is 10.2. The van der Waals surface area contributed by atoms with Crippen LogP contribution in [0, 0.1) is 0 Å². The third-order valence-electron chi connectivity index (χ3n) is 2.99. The lowest BCUT2D eigenvalue weighted by Gasteiger charge is -2.09. The van der Waals surface area contributed by atoms with E-state index in [1.807, 2.05) is 0 Å². The number of nitrogens with two attached hydrogens (primary N) is 1. The molecule has 1 aromatic heterocycles. The van der Waals surface area contributed by atoms with Crippen LogP contribution in [0.1, 0.15) is 0 Å². The van der Waals surface area contributed by atoms with Crippen LogP contribution in [0.25, 0.3) is 10.9 Å². The van der Waals surface area contributed by atoms with Crippen LogP contribution in [0.4, 0.5) is 5.69 Å². The van der Waals surface area contributed by atoms with Crippen LogP contribution in [-0.4, -0.2) is 22.2 Å². The molecule has 3 aromatic rings. The number of phenolic OH excluding ortho intramolecular Hbond substituents is 1. The zero-order valence-corrected chi connectivity index (χ0v) is 11.3. The number of hydrogen-bond donors (Lipinski definition) is 2. The van der Waals surface area contributed by atoms with Gasteiger partial charge < -0.3 is 20.3 Å². The van der Waals surface area contributed by atoms with Crippen LogP contribution in [0.3, 0.4) is 0 Å². The molecule has 0 aliphatic heterocycles. The van der Waals surface area contributed by atoms with E-state index in [1.54, 1.807) is 30.3 Å². The van der Waals surface area contributed by atoms with Crippen molar-refractivity contribution < 1.29 is 14.6 Å². The summed E-state index contributed by atoms with van der Waals surface area (Å²) in [5.74, 6) is 1.30. The number of nitrogen functional groups attached to an aromatic ring is 1. The molecule has 0 fully saturated rings. The first-order valence-corrected chi connectivity index (χ1v) is 6.22. The maximum Gasteiger partial charge on any atom is 0.230 e. The van der Waals surface area contributed by atoms with Gasteiger partial charge in [0.2, 0.25) is 5.88 Å². The van der Waals surface area contributed by atoms with Gasteiger partial charge in [0, 0.05) is 11.8 Å². The molecule has 6 heteroatoms. The number of aromatic hydroxyl groups is 1. The Kier molecular flexibility index (Phi) is 3.19. The lowest BCUT2D eigenvalue weighted by molar-refractivity contribution is 0.374. The summed E-state index contributed by atoms with van der Waals surface area (Å²) in [7, 11) is 1.48. The van der Waals surface area contributed by atoms with Gasteiger partial charge in [-0.3, -0.25) is 0 Å². The molecule has 106 valence electrons. The van der Waals surface area contributed by atoms with E-state index in [0.717, 1.165) is 0 Å². The summed E-state index contributed by atoms with van der Waals surface area (Å²) in [5.41, 5.74) is 6.90. The summed E-state index contributed by atoms with van der Waals surface area (Å²) in [5, 5.41) is 10.5. The van der Waals surface area contributed by atoms with E-state index >= 15 is 0 Å². The maximum atomic E-state index is 9.88. The van der Waals surface area contributed by atoms with Gasteiger partial charge in [0.05, 0.1) is 18.0 Å². The number of ether oxygens (including phenoxy) is 2. The molecule has 0 unspecified atom stereocenters. The van der Waals surface area contributed by atoms with E-state index in [2.05, 4.69) is 9.97 Å². The standard InChI is InChI=1S/C15H13N3O3/c1-20-14-7-12-11(6-13(14)19)15(18-8-17-12)21-10-4-2-9(16)3-5-10/h2-8,19H,16H2,1H3. The molecule has 0 bridgehead atoms. The molecule has 6 nitrogen and oxygen atoms in total. The fourth-order valence-electron chi connectivity index (χ4n) is 1.94. The average molecular weight is 283 g/mol. The fourth-order valence-corrected chi connectivity index (χ4v) is 1.94. The van der Waals surface area contributed by atoms with Gasteiger partial charge in [0.25, 0.3) is 0 Å². The second kappa shape index (κ2) is 5.16. The molecule has 0 aliphatic carbocycles. The molecule has 0 amide bonds. The lowest BCUT2D eigenvalue weighted by Crippen LogP contribution is -1.93. The Hall–Kier alpha value is -3.02. The first-order valence-electron chi connectivity index (χ1n) is 6.22. The van der Waals surface area contributed by atoms with Gasteiger partial charge >= 0.3 is 0 Å². The van der Waals surface area contributed by atoms with Gasteiger partial charge in [0.1, 0.15) is 12.1 Å². The quantitative estimate of drug-likeness (QED) is 0.718. The van der Waals surface area contributed by atoms with Crippen molar-refractivity contribution in [2.24, 2.45) is 0 Å². The smallest absolute Gasteiger partial charge is 0.230 e. The third kappa shape index (κ3) is 2.51. The predicted molar refractivity (Wildman–Crippen MR) is 78.7 cm³/mol. The molecule has 3 N–H and O–H groups in total. The Morgan fingerprint density at radius 2 is 1.86 bits per heavy atom. The Balaban J connectivity index is 2.06. The van der Waals surface area contributed by atoms with E-state index in [0.29, 0.717) is 34.0 Å². The highest BCUT2D eigenvalue weighted by atomic mass is 16.5. The highest BCUT2D eigenvalue weighted by Crippen LogP contribution is 2.35. The van der Waals surface area contributed by atoms with Crippen LogP contribution in [0.15, 0.2) is 42.7 Å². The molecule has 0 aliphatic rings. The number of benzene rings is 2. The van der Waals surface area contributed by atoms with Crippen molar-refractivity contribution in [2.45, 2.75) is 0 Å². The summed E-state index contributed by atoms with van der Waals surface area (Å²) in [4.78, 5) is 8.25. The van der Waals surface area contributed by atoms with E-state index in [9.17, 15) is 5.11 Å². The highest BCUT2D eigenvalue weighted by molar-refractivity contribution is 5.86. The first kappa shape index (κ1) is 13.0. The number of phenols is 1. The Bertz CT molecular complexity index is 788. The molecule has 3 rings (SSSR count). The minimum absolute atomic E-state index is 0.00181. The zero-order chi connectivity index (χ0) is 14.8. The maximum absolute atomic E-state index is 9.88. The SMILES string of the molecule is COc1cc2ncnc(Oc3ccc(N)cc3)c2cc1O. The summed E-state index contributed by atoms with van der Waals surface area (Å²) in [6, 6.07) is 10.1. The van der Waals surface area contributed by atoms with Crippen LogP contribution < -0.4 is 15.2 Å². The molecule has 0 radical (unpaired) electrons. The highest BCUT2D eigenvalue weighted by Gasteiger charge is 2.11. The van der Waals surface area contributed by atoms with Crippen LogP contribution >= 0.6 is 0 Å². The summed E-state index contributed by atoms with van der Waals surface area (Å²) in [6.45, 7) is 0. The minimum atomic E-state index is 0.00181. The van der Waals surface area contributed by atoms with E-state index < -0.39 is 0 Å². The second-order valence-electron chi connectivity index (χ2n) is 4.39. The lowest BCUT2D eigenvalue weighted by atomic mass is 10.2. The normalized spacial score (nSPS) is 10.5. The van der Waals surface area contributed by atoms with Crippen molar-refractivity contribution in [3.05, 3.63) is 42.7 Å². The second-order valence-corrected chi connectivity index (χ2v) is 4.39. The summed E-state index contributed by atoms with van der Waals surface area (Å²) in [6.07, 6.45) is 1.39. The van der Waals surface area contributed by atoms with Crippen molar-refractivity contribution in [1.29, 1.82) is 0 Å². The molecule has 0 saturated carbocycles. The van der Waals surface area contributed by atoms with Crippen molar-refractivity contribution >= 4 is 16.6 Å². The monoisotopic (exact) mass is 283 g/mol. The molecule has 0 atom stereocenters. The number of nitrogens with zero attached hydrogens (tertiary/aromatic N) is 2. The van der Waals surface area contributed by atoms with Crippen LogP contribution in [-0.2, 0) is 0 Å². The van der Waals surface area contributed by atoms with Crippen molar-refractivity contribution in [3.8, 4) is 23.1 Å². The van der Waals surface area contributed by atoms with Gasteiger partial charge in [0.15, 0.2) is 11.5 Å². The fraction of sp³-hybridized carbons (Fsp3) is 0.0667. The predicted octanol–water partition coefficient (Wildman–Crippen LogP) is 2.72. The topological polar surface area (TPSA) is 90.5 Å². The Morgan fingerprint density at radius 1 is 1.10 bits per heavy atom.